The van der Waals surface area contributed by atoms with Crippen molar-refractivity contribution in [3.63, 3.8) is 0 Å². The molecule has 3 rings (SSSR count). The maximum atomic E-state index is 13.1. The second-order valence-corrected chi connectivity index (χ2v) is 7.81. The number of amidine groups is 1. The van der Waals surface area contributed by atoms with Crippen molar-refractivity contribution in [2.75, 3.05) is 39.1 Å². The van der Waals surface area contributed by atoms with E-state index in [1.165, 1.54) is 24.3 Å². The number of nitrogens with one attached hydrogen (secondary N) is 1. The summed E-state index contributed by atoms with van der Waals surface area (Å²) < 4.78 is 40.9. The van der Waals surface area contributed by atoms with Crippen molar-refractivity contribution in [3.05, 3.63) is 47.3 Å². The summed E-state index contributed by atoms with van der Waals surface area (Å²) in [4.78, 5) is 20.9. The van der Waals surface area contributed by atoms with Gasteiger partial charge in [0.25, 0.3) is 5.91 Å². The molecule has 32 heavy (non-hydrogen) atoms. The predicted octanol–water partition coefficient (Wildman–Crippen LogP) is 3.36. The summed E-state index contributed by atoms with van der Waals surface area (Å²) in [5.74, 6) is 0.261. The SMILES string of the molecule is C/N=C1\C(=C(/C)Nc2ccc(OC(F)(F)F)cc2)C=C(C(=O)N2CCCC(CO)C2)N1C. The van der Waals surface area contributed by atoms with Crippen molar-refractivity contribution in [1.29, 1.82) is 0 Å². The average Bonchev–Trinajstić information content (AvgIpc) is 3.10. The van der Waals surface area contributed by atoms with Crippen LogP contribution in [0.5, 0.6) is 5.75 Å². The highest BCUT2D eigenvalue weighted by atomic mass is 19.4. The Labute approximate surface area is 184 Å². The number of anilines is 1. The molecule has 1 aromatic rings. The van der Waals surface area contributed by atoms with E-state index in [1.54, 1.807) is 36.9 Å². The van der Waals surface area contributed by atoms with Gasteiger partial charge in [-0.1, -0.05) is 0 Å². The summed E-state index contributed by atoms with van der Waals surface area (Å²) in [5, 5.41) is 12.6. The Morgan fingerprint density at radius 3 is 2.59 bits per heavy atom. The lowest BCUT2D eigenvalue weighted by atomic mass is 9.99. The summed E-state index contributed by atoms with van der Waals surface area (Å²) in [6, 6.07) is 5.40. The van der Waals surface area contributed by atoms with Crippen LogP contribution in [0.2, 0.25) is 0 Å². The van der Waals surface area contributed by atoms with Crippen molar-refractivity contribution in [3.8, 4) is 5.75 Å². The van der Waals surface area contributed by atoms with Gasteiger partial charge in [-0.2, -0.15) is 0 Å². The number of hydrogen-bond donors (Lipinski definition) is 2. The van der Waals surface area contributed by atoms with Crippen molar-refractivity contribution < 1.29 is 27.8 Å². The molecule has 2 aliphatic heterocycles. The third-order valence-corrected chi connectivity index (χ3v) is 5.52. The van der Waals surface area contributed by atoms with Crippen LogP contribution in [0.4, 0.5) is 18.9 Å². The number of aliphatic imine (C=N–C) groups is 1. The molecule has 1 aromatic carbocycles. The van der Waals surface area contributed by atoms with E-state index in [1.807, 2.05) is 0 Å². The van der Waals surface area contributed by atoms with E-state index in [9.17, 15) is 23.1 Å². The van der Waals surface area contributed by atoms with Crippen LogP contribution in [-0.2, 0) is 4.79 Å². The molecule has 1 atom stereocenters. The molecule has 0 bridgehead atoms. The largest absolute Gasteiger partial charge is 0.573 e. The number of carbonyl (C=O) groups excluding carboxylic acids is 1. The average molecular weight is 452 g/mol. The van der Waals surface area contributed by atoms with Gasteiger partial charge in [-0.3, -0.25) is 9.79 Å². The van der Waals surface area contributed by atoms with Gasteiger partial charge in [0.05, 0.1) is 0 Å². The number of likely N-dealkylation sites (N-methyl/N-ethyl adjacent to an activating group) is 1. The zero-order chi connectivity index (χ0) is 23.5. The minimum atomic E-state index is -4.74. The van der Waals surface area contributed by atoms with Crippen LogP contribution < -0.4 is 10.1 Å². The molecule has 1 fully saturated rings. The van der Waals surface area contributed by atoms with Gasteiger partial charge in [-0.05, 0) is 56.0 Å². The highest BCUT2D eigenvalue weighted by Gasteiger charge is 2.33. The molecule has 0 aliphatic carbocycles. The van der Waals surface area contributed by atoms with Crippen LogP contribution in [-0.4, -0.2) is 66.8 Å². The molecule has 2 aliphatic rings. The normalized spacial score (nSPS) is 22.2. The zero-order valence-electron chi connectivity index (χ0n) is 18.2. The molecule has 0 aromatic heterocycles. The van der Waals surface area contributed by atoms with Gasteiger partial charge >= 0.3 is 6.36 Å². The Hall–Kier alpha value is -3.01. The maximum absolute atomic E-state index is 13.1. The quantitative estimate of drug-likeness (QED) is 0.717. The molecule has 2 N–H and O–H groups in total. The molecule has 174 valence electrons. The molecule has 0 saturated carbocycles. The lowest BCUT2D eigenvalue weighted by Gasteiger charge is -2.33. The van der Waals surface area contributed by atoms with Crippen molar-refractivity contribution in [2.24, 2.45) is 10.9 Å². The molecule has 0 spiro atoms. The van der Waals surface area contributed by atoms with Gasteiger partial charge in [-0.25, -0.2) is 0 Å². The van der Waals surface area contributed by atoms with E-state index in [2.05, 4.69) is 15.0 Å². The summed E-state index contributed by atoms with van der Waals surface area (Å²) >= 11 is 0. The molecular weight excluding hydrogens is 425 g/mol. The van der Waals surface area contributed by atoms with Crippen LogP contribution in [0.1, 0.15) is 19.8 Å². The Morgan fingerprint density at radius 1 is 1.31 bits per heavy atom. The third kappa shape index (κ3) is 5.42. The van der Waals surface area contributed by atoms with E-state index in [0.29, 0.717) is 41.6 Å². The monoisotopic (exact) mass is 452 g/mol. The summed E-state index contributed by atoms with van der Waals surface area (Å²) in [7, 11) is 3.40. The number of amides is 1. The van der Waals surface area contributed by atoms with E-state index in [4.69, 9.17) is 0 Å². The van der Waals surface area contributed by atoms with Crippen LogP contribution >= 0.6 is 0 Å². The molecule has 2 heterocycles. The van der Waals surface area contributed by atoms with Gasteiger partial charge in [0.1, 0.15) is 17.3 Å². The van der Waals surface area contributed by atoms with Crippen molar-refractivity contribution in [1.82, 2.24) is 9.80 Å². The number of carbonyl (C=O) groups is 1. The summed E-state index contributed by atoms with van der Waals surface area (Å²) in [5.41, 5.74) is 2.45. The van der Waals surface area contributed by atoms with E-state index >= 15 is 0 Å². The van der Waals surface area contributed by atoms with Gasteiger partial charge in [0.2, 0.25) is 0 Å². The fraction of sp³-hybridized carbons (Fsp3) is 0.455. The van der Waals surface area contributed by atoms with E-state index in [0.717, 1.165) is 12.8 Å². The first-order valence-electron chi connectivity index (χ1n) is 10.3. The smallest absolute Gasteiger partial charge is 0.406 e. The Morgan fingerprint density at radius 2 is 2.00 bits per heavy atom. The number of allylic oxidation sites excluding steroid dienone is 1. The summed E-state index contributed by atoms with van der Waals surface area (Å²) in [6.07, 6.45) is -1.23. The topological polar surface area (TPSA) is 77.4 Å². The van der Waals surface area contributed by atoms with Crippen molar-refractivity contribution >= 4 is 17.4 Å². The number of aliphatic hydroxyl groups excluding tert-OH is 1. The third-order valence-electron chi connectivity index (χ3n) is 5.52. The number of hydrogen-bond acceptors (Lipinski definition) is 5. The Balaban J connectivity index is 1.80. The van der Waals surface area contributed by atoms with Gasteiger partial charge < -0.3 is 25.0 Å². The van der Waals surface area contributed by atoms with Crippen LogP contribution in [0, 0.1) is 5.92 Å². The number of halogens is 3. The molecule has 1 amide bonds. The molecule has 1 saturated heterocycles. The number of likely N-dealkylation sites (tertiary alicyclic amines) is 1. The minimum absolute atomic E-state index is 0.0569. The number of rotatable bonds is 5. The zero-order valence-corrected chi connectivity index (χ0v) is 18.2. The van der Waals surface area contributed by atoms with Gasteiger partial charge in [0.15, 0.2) is 0 Å². The number of alkyl halides is 3. The van der Waals surface area contributed by atoms with Crippen LogP contribution in [0.25, 0.3) is 0 Å². The first kappa shape index (κ1) is 23.6. The number of aliphatic hydroxyl groups is 1. The van der Waals surface area contributed by atoms with Gasteiger partial charge in [-0.15, -0.1) is 13.2 Å². The number of ether oxygens (including phenoxy) is 1. The van der Waals surface area contributed by atoms with Crippen LogP contribution in [0.3, 0.4) is 0 Å². The molecule has 1 unspecified atom stereocenters. The van der Waals surface area contributed by atoms with Gasteiger partial charge in [0, 0.05) is 50.7 Å². The van der Waals surface area contributed by atoms with Crippen LogP contribution in [0.15, 0.2) is 52.3 Å². The standard InChI is InChI=1S/C22H27F3N4O3/c1-14(27-16-6-8-17(9-7-16)32-22(23,24)25)18-11-19(28(3)20(18)26-2)21(31)29-10-4-5-15(12-29)13-30/h6-9,11,15,27,30H,4-5,10,12-13H2,1-3H3/b18-14+,26-20+. The predicted molar refractivity (Wildman–Crippen MR) is 115 cm³/mol. The highest BCUT2D eigenvalue weighted by molar-refractivity contribution is 6.12. The Bertz CT molecular complexity index is 939. The first-order valence-corrected chi connectivity index (χ1v) is 10.3. The minimum Gasteiger partial charge on any atom is -0.406 e. The number of nitrogens with zero attached hydrogens (tertiary/aromatic N) is 3. The maximum Gasteiger partial charge on any atom is 0.573 e. The van der Waals surface area contributed by atoms with Crippen molar-refractivity contribution in [2.45, 2.75) is 26.1 Å². The second-order valence-electron chi connectivity index (χ2n) is 7.81. The first-order chi connectivity index (χ1) is 15.1. The lowest BCUT2D eigenvalue weighted by molar-refractivity contribution is -0.274. The number of benzene rings is 1. The fourth-order valence-electron chi connectivity index (χ4n) is 3.93. The highest BCUT2D eigenvalue weighted by Crippen LogP contribution is 2.29. The fourth-order valence-corrected chi connectivity index (χ4v) is 3.93. The molecule has 0 radical (unpaired) electrons. The second kappa shape index (κ2) is 9.64. The molecular formula is C22H27F3N4O3. The molecule has 10 heteroatoms. The molecule has 7 nitrogen and oxygen atoms in total. The lowest BCUT2D eigenvalue weighted by Crippen LogP contribution is -2.43. The number of piperidine rings is 1. The Kier molecular flexibility index (Phi) is 7.12. The summed E-state index contributed by atoms with van der Waals surface area (Å²) in [6.45, 7) is 3.02. The van der Waals surface area contributed by atoms with E-state index < -0.39 is 6.36 Å². The van der Waals surface area contributed by atoms with E-state index in [-0.39, 0.29) is 24.2 Å².